The molecular weight excluding hydrogens is 430 g/mol. The van der Waals surface area contributed by atoms with E-state index in [-0.39, 0.29) is 17.3 Å². The number of likely N-dealkylation sites (N-methyl/N-ethyl adjacent to an activating group) is 1. The molecule has 1 aliphatic heterocycles. The lowest BCUT2D eigenvalue weighted by atomic mass is 10.2. The molecule has 0 radical (unpaired) electrons. The number of morpholine rings is 1. The number of carbonyl (C=O) groups is 1. The SMILES string of the molecule is Cc1ccc(OCCN(C)CC(=O)NCc2ccc(S(=O)(=O)N3CCOCC3)cc2)cc1. The van der Waals surface area contributed by atoms with Gasteiger partial charge in [-0.25, -0.2) is 8.42 Å². The Morgan fingerprint density at radius 1 is 1.09 bits per heavy atom. The van der Waals surface area contributed by atoms with Gasteiger partial charge in [-0.15, -0.1) is 0 Å². The monoisotopic (exact) mass is 461 g/mol. The molecular formula is C23H31N3O5S. The average molecular weight is 462 g/mol. The Morgan fingerprint density at radius 2 is 1.75 bits per heavy atom. The number of hydrogen-bond acceptors (Lipinski definition) is 6. The maximum absolute atomic E-state index is 12.7. The van der Waals surface area contributed by atoms with Gasteiger partial charge in [-0.2, -0.15) is 4.31 Å². The summed E-state index contributed by atoms with van der Waals surface area (Å²) in [5.74, 6) is 0.709. The minimum absolute atomic E-state index is 0.104. The number of aryl methyl sites for hydroxylation is 1. The van der Waals surface area contributed by atoms with Crippen LogP contribution in [0.1, 0.15) is 11.1 Å². The van der Waals surface area contributed by atoms with Gasteiger partial charge >= 0.3 is 0 Å². The summed E-state index contributed by atoms with van der Waals surface area (Å²) in [5.41, 5.74) is 2.02. The first kappa shape index (κ1) is 24.2. The summed E-state index contributed by atoms with van der Waals surface area (Å²) in [4.78, 5) is 14.4. The average Bonchev–Trinajstić information content (AvgIpc) is 2.80. The van der Waals surface area contributed by atoms with Crippen LogP contribution in [0.15, 0.2) is 53.4 Å². The molecule has 0 spiro atoms. The van der Waals surface area contributed by atoms with Gasteiger partial charge in [0.1, 0.15) is 12.4 Å². The van der Waals surface area contributed by atoms with Gasteiger partial charge in [0.2, 0.25) is 15.9 Å². The molecule has 32 heavy (non-hydrogen) atoms. The van der Waals surface area contributed by atoms with E-state index in [1.54, 1.807) is 24.3 Å². The molecule has 2 aromatic carbocycles. The van der Waals surface area contributed by atoms with Crippen LogP contribution in [0, 0.1) is 6.92 Å². The Hall–Kier alpha value is -2.46. The molecule has 0 atom stereocenters. The van der Waals surface area contributed by atoms with Crippen molar-refractivity contribution in [3.8, 4) is 5.75 Å². The van der Waals surface area contributed by atoms with Crippen LogP contribution in [0.25, 0.3) is 0 Å². The Kier molecular flexibility index (Phi) is 8.63. The van der Waals surface area contributed by atoms with E-state index in [1.807, 2.05) is 43.1 Å². The van der Waals surface area contributed by atoms with Gasteiger partial charge in [-0.3, -0.25) is 9.69 Å². The molecule has 1 N–H and O–H groups in total. The van der Waals surface area contributed by atoms with Crippen molar-refractivity contribution in [2.24, 2.45) is 0 Å². The van der Waals surface area contributed by atoms with Crippen LogP contribution in [-0.4, -0.2) is 76.6 Å². The van der Waals surface area contributed by atoms with Gasteiger partial charge in [-0.05, 0) is 43.8 Å². The Bertz CT molecular complexity index is 972. The first-order valence-corrected chi connectivity index (χ1v) is 12.1. The second-order valence-corrected chi connectivity index (χ2v) is 9.77. The molecule has 2 aromatic rings. The molecule has 0 aromatic heterocycles. The van der Waals surface area contributed by atoms with Gasteiger partial charge in [0.15, 0.2) is 0 Å². The maximum atomic E-state index is 12.7. The highest BCUT2D eigenvalue weighted by atomic mass is 32.2. The van der Waals surface area contributed by atoms with Crippen LogP contribution in [-0.2, 0) is 26.1 Å². The van der Waals surface area contributed by atoms with Crippen molar-refractivity contribution in [2.45, 2.75) is 18.4 Å². The number of amides is 1. The van der Waals surface area contributed by atoms with Crippen LogP contribution < -0.4 is 10.1 Å². The van der Waals surface area contributed by atoms with E-state index in [4.69, 9.17) is 9.47 Å². The third kappa shape index (κ3) is 7.03. The standard InChI is InChI=1S/C23H31N3O5S/c1-19-3-7-21(8-4-19)31-16-11-25(2)18-23(27)24-17-20-5-9-22(10-6-20)32(28,29)26-12-14-30-15-13-26/h3-10H,11-18H2,1-2H3,(H,24,27). The van der Waals surface area contributed by atoms with Gasteiger partial charge in [-0.1, -0.05) is 29.8 Å². The minimum atomic E-state index is -3.51. The molecule has 1 fully saturated rings. The Morgan fingerprint density at radius 3 is 2.41 bits per heavy atom. The van der Waals surface area contributed by atoms with Crippen molar-refractivity contribution >= 4 is 15.9 Å². The summed E-state index contributed by atoms with van der Waals surface area (Å²) in [7, 11) is -1.65. The number of rotatable bonds is 10. The van der Waals surface area contributed by atoms with Crippen molar-refractivity contribution in [2.75, 3.05) is 53.0 Å². The predicted molar refractivity (Wildman–Crippen MR) is 122 cm³/mol. The lowest BCUT2D eigenvalue weighted by Gasteiger charge is -2.26. The number of hydrogen-bond donors (Lipinski definition) is 1. The van der Waals surface area contributed by atoms with Crippen molar-refractivity contribution in [3.05, 3.63) is 59.7 Å². The zero-order valence-electron chi connectivity index (χ0n) is 18.6. The van der Waals surface area contributed by atoms with Crippen LogP contribution in [0.4, 0.5) is 0 Å². The lowest BCUT2D eigenvalue weighted by molar-refractivity contribution is -0.122. The van der Waals surface area contributed by atoms with E-state index in [9.17, 15) is 13.2 Å². The molecule has 1 amide bonds. The third-order valence-corrected chi connectivity index (χ3v) is 7.11. The van der Waals surface area contributed by atoms with E-state index in [2.05, 4.69) is 5.32 Å². The number of benzene rings is 2. The van der Waals surface area contributed by atoms with Gasteiger partial charge in [0, 0.05) is 26.2 Å². The molecule has 3 rings (SSSR count). The normalized spacial score (nSPS) is 15.0. The molecule has 1 heterocycles. The molecule has 0 bridgehead atoms. The zero-order valence-corrected chi connectivity index (χ0v) is 19.4. The largest absolute Gasteiger partial charge is 0.492 e. The fourth-order valence-electron chi connectivity index (χ4n) is 3.25. The number of sulfonamides is 1. The van der Waals surface area contributed by atoms with Crippen molar-refractivity contribution < 1.29 is 22.7 Å². The topological polar surface area (TPSA) is 88.2 Å². The zero-order chi connectivity index (χ0) is 23.0. The summed E-state index contributed by atoms with van der Waals surface area (Å²) in [6.45, 7) is 5.28. The molecule has 9 heteroatoms. The Labute approximate surface area is 190 Å². The number of nitrogens with zero attached hydrogens (tertiary/aromatic N) is 2. The summed E-state index contributed by atoms with van der Waals surface area (Å²) < 4.78 is 37.7. The lowest BCUT2D eigenvalue weighted by Crippen LogP contribution is -2.40. The second kappa shape index (κ2) is 11.4. The molecule has 1 saturated heterocycles. The first-order valence-electron chi connectivity index (χ1n) is 10.7. The summed E-state index contributed by atoms with van der Waals surface area (Å²) in [6.07, 6.45) is 0. The molecule has 0 aliphatic carbocycles. The van der Waals surface area contributed by atoms with Crippen LogP contribution in [0.2, 0.25) is 0 Å². The van der Waals surface area contributed by atoms with Crippen LogP contribution in [0.3, 0.4) is 0 Å². The van der Waals surface area contributed by atoms with Crippen molar-refractivity contribution in [3.63, 3.8) is 0 Å². The van der Waals surface area contributed by atoms with Crippen LogP contribution >= 0.6 is 0 Å². The van der Waals surface area contributed by atoms with E-state index in [0.717, 1.165) is 11.3 Å². The summed E-state index contributed by atoms with van der Waals surface area (Å²) in [6, 6.07) is 14.5. The van der Waals surface area contributed by atoms with E-state index in [0.29, 0.717) is 46.0 Å². The molecule has 0 saturated carbocycles. The van der Waals surface area contributed by atoms with Crippen molar-refractivity contribution in [1.29, 1.82) is 0 Å². The van der Waals surface area contributed by atoms with Gasteiger partial charge < -0.3 is 14.8 Å². The summed E-state index contributed by atoms with van der Waals surface area (Å²) in [5, 5.41) is 2.87. The highest BCUT2D eigenvalue weighted by molar-refractivity contribution is 7.89. The smallest absolute Gasteiger partial charge is 0.243 e. The first-order chi connectivity index (χ1) is 15.3. The fourth-order valence-corrected chi connectivity index (χ4v) is 4.66. The quantitative estimate of drug-likeness (QED) is 0.579. The Balaban J connectivity index is 1.39. The fraction of sp³-hybridized carbons (Fsp3) is 0.435. The highest BCUT2D eigenvalue weighted by Crippen LogP contribution is 2.17. The van der Waals surface area contributed by atoms with E-state index in [1.165, 1.54) is 9.87 Å². The third-order valence-electron chi connectivity index (χ3n) is 5.20. The number of nitrogens with one attached hydrogen (secondary N) is 1. The van der Waals surface area contributed by atoms with Gasteiger partial charge in [0.25, 0.3) is 0 Å². The highest BCUT2D eigenvalue weighted by Gasteiger charge is 2.26. The molecule has 1 aliphatic rings. The molecule has 8 nitrogen and oxygen atoms in total. The van der Waals surface area contributed by atoms with E-state index >= 15 is 0 Å². The molecule has 174 valence electrons. The number of ether oxygens (including phenoxy) is 2. The number of carbonyl (C=O) groups excluding carboxylic acids is 1. The van der Waals surface area contributed by atoms with Gasteiger partial charge in [0.05, 0.1) is 24.7 Å². The van der Waals surface area contributed by atoms with Crippen molar-refractivity contribution in [1.82, 2.24) is 14.5 Å². The van der Waals surface area contributed by atoms with E-state index < -0.39 is 10.0 Å². The van der Waals surface area contributed by atoms with Crippen LogP contribution in [0.5, 0.6) is 5.75 Å². The maximum Gasteiger partial charge on any atom is 0.243 e. The predicted octanol–water partition coefficient (Wildman–Crippen LogP) is 1.64. The second-order valence-electron chi connectivity index (χ2n) is 7.84. The minimum Gasteiger partial charge on any atom is -0.492 e. The molecule has 0 unspecified atom stereocenters. The summed E-state index contributed by atoms with van der Waals surface area (Å²) >= 11 is 0.